The summed E-state index contributed by atoms with van der Waals surface area (Å²) in [7, 11) is 0. The Morgan fingerprint density at radius 2 is 2.17 bits per heavy atom. The Balaban J connectivity index is 3.75. The minimum atomic E-state index is -0.0860. The molecule has 0 aliphatic heterocycles. The third-order valence-corrected chi connectivity index (χ3v) is 1.20. The molecule has 0 amide bonds. The van der Waals surface area contributed by atoms with Gasteiger partial charge in [0.25, 0.3) is 0 Å². The van der Waals surface area contributed by atoms with Crippen molar-refractivity contribution in [3.05, 3.63) is 24.0 Å². The highest BCUT2D eigenvalue weighted by atomic mass is 16.5. The monoisotopic (exact) mass is 172 g/mol. The van der Waals surface area contributed by atoms with E-state index in [4.69, 9.17) is 14.9 Å². The molecule has 70 valence electrons. The second-order valence-electron chi connectivity index (χ2n) is 2.16. The van der Waals surface area contributed by atoms with E-state index in [1.165, 1.54) is 0 Å². The Morgan fingerprint density at radius 3 is 2.67 bits per heavy atom. The number of aliphatic hydroxyl groups excluding tert-OH is 2. The van der Waals surface area contributed by atoms with Gasteiger partial charge < -0.3 is 14.9 Å². The lowest BCUT2D eigenvalue weighted by Gasteiger charge is -2.02. The van der Waals surface area contributed by atoms with Crippen LogP contribution in [0.15, 0.2) is 24.0 Å². The SMILES string of the molecule is CCO/C(=C/C=C\CCO)CO. The maximum atomic E-state index is 8.74. The summed E-state index contributed by atoms with van der Waals surface area (Å²) in [6, 6.07) is 0. The molecule has 0 unspecified atom stereocenters. The predicted molar refractivity (Wildman–Crippen MR) is 47.6 cm³/mol. The lowest BCUT2D eigenvalue weighted by Crippen LogP contribution is -1.95. The van der Waals surface area contributed by atoms with Crippen LogP contribution in [0.4, 0.5) is 0 Å². The third kappa shape index (κ3) is 5.95. The van der Waals surface area contributed by atoms with Gasteiger partial charge in [0.15, 0.2) is 0 Å². The summed E-state index contributed by atoms with van der Waals surface area (Å²) in [5.74, 6) is 0.548. The van der Waals surface area contributed by atoms with E-state index in [9.17, 15) is 0 Å². The average molecular weight is 172 g/mol. The van der Waals surface area contributed by atoms with Crippen LogP contribution >= 0.6 is 0 Å². The zero-order valence-electron chi connectivity index (χ0n) is 7.36. The molecule has 0 saturated carbocycles. The molecule has 3 nitrogen and oxygen atoms in total. The fraction of sp³-hybridized carbons (Fsp3) is 0.556. The first-order valence-electron chi connectivity index (χ1n) is 4.05. The molecule has 0 aromatic rings. The van der Waals surface area contributed by atoms with Crippen LogP contribution in [0.2, 0.25) is 0 Å². The molecule has 0 heterocycles. The summed E-state index contributed by atoms with van der Waals surface area (Å²) in [5.41, 5.74) is 0. The van der Waals surface area contributed by atoms with E-state index in [1.807, 2.05) is 13.0 Å². The van der Waals surface area contributed by atoms with E-state index in [2.05, 4.69) is 0 Å². The summed E-state index contributed by atoms with van der Waals surface area (Å²) in [6.07, 6.45) is 5.90. The Kier molecular flexibility index (Phi) is 7.74. The van der Waals surface area contributed by atoms with Gasteiger partial charge in [0.2, 0.25) is 0 Å². The van der Waals surface area contributed by atoms with E-state index < -0.39 is 0 Å². The van der Waals surface area contributed by atoms with Crippen molar-refractivity contribution in [2.75, 3.05) is 19.8 Å². The van der Waals surface area contributed by atoms with Crippen LogP contribution in [-0.4, -0.2) is 30.0 Å². The molecule has 0 aromatic heterocycles. The number of hydrogen-bond donors (Lipinski definition) is 2. The van der Waals surface area contributed by atoms with Crippen LogP contribution in [-0.2, 0) is 4.74 Å². The van der Waals surface area contributed by atoms with Crippen molar-refractivity contribution in [1.29, 1.82) is 0 Å². The summed E-state index contributed by atoms with van der Waals surface area (Å²) in [5, 5.41) is 17.2. The van der Waals surface area contributed by atoms with Crippen LogP contribution in [0.3, 0.4) is 0 Å². The van der Waals surface area contributed by atoms with Crippen molar-refractivity contribution in [2.45, 2.75) is 13.3 Å². The Hall–Kier alpha value is -0.800. The minimum absolute atomic E-state index is 0.0860. The summed E-state index contributed by atoms with van der Waals surface area (Å²) < 4.78 is 5.07. The standard InChI is InChI=1S/C9H16O3/c1-2-12-9(8-11)6-4-3-5-7-10/h3-4,6,10-11H,2,5,7-8H2,1H3/b4-3-,9-6+. The second-order valence-corrected chi connectivity index (χ2v) is 2.16. The molecule has 0 aliphatic carbocycles. The molecular weight excluding hydrogens is 156 g/mol. The summed E-state index contributed by atoms with van der Waals surface area (Å²) >= 11 is 0. The maximum Gasteiger partial charge on any atom is 0.121 e. The summed E-state index contributed by atoms with van der Waals surface area (Å²) in [6.45, 7) is 2.48. The van der Waals surface area contributed by atoms with Crippen LogP contribution in [0.25, 0.3) is 0 Å². The normalized spacial score (nSPS) is 12.4. The molecule has 0 aliphatic rings. The molecule has 0 fully saturated rings. The molecular formula is C9H16O3. The zero-order valence-corrected chi connectivity index (χ0v) is 7.36. The highest BCUT2D eigenvalue weighted by Gasteiger charge is 1.89. The van der Waals surface area contributed by atoms with Gasteiger partial charge in [-0.1, -0.05) is 12.2 Å². The Morgan fingerprint density at radius 1 is 1.42 bits per heavy atom. The van der Waals surface area contributed by atoms with Crippen molar-refractivity contribution < 1.29 is 14.9 Å². The van der Waals surface area contributed by atoms with E-state index in [1.54, 1.807) is 12.2 Å². The van der Waals surface area contributed by atoms with Gasteiger partial charge in [-0.3, -0.25) is 0 Å². The minimum Gasteiger partial charge on any atom is -0.496 e. The number of ether oxygens (including phenoxy) is 1. The average Bonchev–Trinajstić information content (AvgIpc) is 2.10. The molecule has 0 aromatic carbocycles. The molecule has 2 N–H and O–H groups in total. The number of aliphatic hydroxyl groups is 2. The van der Waals surface area contributed by atoms with Gasteiger partial charge >= 0.3 is 0 Å². The molecule has 3 heteroatoms. The van der Waals surface area contributed by atoms with Crippen molar-refractivity contribution >= 4 is 0 Å². The van der Waals surface area contributed by atoms with Gasteiger partial charge in [-0.05, 0) is 19.4 Å². The number of allylic oxidation sites excluding steroid dienone is 2. The van der Waals surface area contributed by atoms with Crippen molar-refractivity contribution in [3.8, 4) is 0 Å². The van der Waals surface area contributed by atoms with Crippen LogP contribution in [0, 0.1) is 0 Å². The van der Waals surface area contributed by atoms with Crippen molar-refractivity contribution in [3.63, 3.8) is 0 Å². The van der Waals surface area contributed by atoms with Gasteiger partial charge in [-0.25, -0.2) is 0 Å². The van der Waals surface area contributed by atoms with Gasteiger partial charge in [-0.15, -0.1) is 0 Å². The topological polar surface area (TPSA) is 49.7 Å². The second kappa shape index (κ2) is 8.30. The van der Waals surface area contributed by atoms with Gasteiger partial charge in [0, 0.05) is 6.61 Å². The largest absolute Gasteiger partial charge is 0.496 e. The lowest BCUT2D eigenvalue weighted by molar-refractivity contribution is 0.171. The number of rotatable bonds is 6. The predicted octanol–water partition coefficient (Wildman–Crippen LogP) is 0.838. The van der Waals surface area contributed by atoms with Crippen LogP contribution < -0.4 is 0 Å². The molecule has 0 saturated heterocycles. The first-order chi connectivity index (χ1) is 5.85. The fourth-order valence-corrected chi connectivity index (χ4v) is 0.678. The van der Waals surface area contributed by atoms with Gasteiger partial charge in [-0.2, -0.15) is 0 Å². The third-order valence-electron chi connectivity index (χ3n) is 1.20. The van der Waals surface area contributed by atoms with Crippen molar-refractivity contribution in [2.24, 2.45) is 0 Å². The van der Waals surface area contributed by atoms with Crippen LogP contribution in [0.5, 0.6) is 0 Å². The van der Waals surface area contributed by atoms with E-state index in [-0.39, 0.29) is 13.2 Å². The quantitative estimate of drug-likeness (QED) is 0.461. The van der Waals surface area contributed by atoms with E-state index in [0.29, 0.717) is 18.8 Å². The smallest absolute Gasteiger partial charge is 0.121 e. The van der Waals surface area contributed by atoms with Crippen molar-refractivity contribution in [1.82, 2.24) is 0 Å². The first-order valence-corrected chi connectivity index (χ1v) is 4.05. The van der Waals surface area contributed by atoms with Gasteiger partial charge in [0.1, 0.15) is 12.4 Å². The highest BCUT2D eigenvalue weighted by Crippen LogP contribution is 1.96. The summed E-state index contributed by atoms with van der Waals surface area (Å²) in [4.78, 5) is 0. The van der Waals surface area contributed by atoms with E-state index >= 15 is 0 Å². The molecule has 0 bridgehead atoms. The molecule has 0 rings (SSSR count). The Labute approximate surface area is 73.0 Å². The molecule has 0 radical (unpaired) electrons. The molecule has 0 atom stereocenters. The molecule has 12 heavy (non-hydrogen) atoms. The zero-order chi connectivity index (χ0) is 9.23. The highest BCUT2D eigenvalue weighted by molar-refractivity contribution is 5.07. The first kappa shape index (κ1) is 11.2. The maximum absolute atomic E-state index is 8.74. The van der Waals surface area contributed by atoms with E-state index in [0.717, 1.165) is 0 Å². The van der Waals surface area contributed by atoms with Crippen LogP contribution in [0.1, 0.15) is 13.3 Å². The Bertz CT molecular complexity index is 150. The fourth-order valence-electron chi connectivity index (χ4n) is 0.678. The number of hydrogen-bond acceptors (Lipinski definition) is 3. The molecule has 0 spiro atoms. The van der Waals surface area contributed by atoms with Gasteiger partial charge in [0.05, 0.1) is 6.61 Å². The lowest BCUT2D eigenvalue weighted by atomic mass is 10.3.